The second-order valence-corrected chi connectivity index (χ2v) is 5.96. The number of anilines is 2. The van der Waals surface area contributed by atoms with Crippen molar-refractivity contribution in [3.63, 3.8) is 0 Å². The number of nitrogens with one attached hydrogen (secondary N) is 1. The van der Waals surface area contributed by atoms with Gasteiger partial charge in [-0.15, -0.1) is 0 Å². The van der Waals surface area contributed by atoms with E-state index in [9.17, 15) is 0 Å². The fourth-order valence-corrected chi connectivity index (χ4v) is 2.18. The molecular weight excluding hydrogens is 349 g/mol. The Labute approximate surface area is 128 Å². The maximum atomic E-state index is 4.40. The number of nitrogens with zero attached hydrogens (tertiary/aromatic N) is 2. The molecule has 100 valence electrons. The van der Waals surface area contributed by atoms with Gasteiger partial charge in [-0.3, -0.25) is 0 Å². The van der Waals surface area contributed by atoms with Gasteiger partial charge in [-0.25, -0.2) is 4.98 Å². The molecule has 0 saturated heterocycles. The predicted octanol–water partition coefficient (Wildman–Crippen LogP) is 3.93. The zero-order valence-electron chi connectivity index (χ0n) is 11.4. The molecule has 1 heterocycles. The van der Waals surface area contributed by atoms with Gasteiger partial charge in [0.2, 0.25) is 0 Å². The van der Waals surface area contributed by atoms with Gasteiger partial charge < -0.3 is 10.2 Å². The fraction of sp³-hybridized carbons (Fsp3) is 0.267. The van der Waals surface area contributed by atoms with Crippen molar-refractivity contribution >= 4 is 34.1 Å². The summed E-state index contributed by atoms with van der Waals surface area (Å²) in [4.78, 5) is 6.39. The van der Waals surface area contributed by atoms with E-state index in [1.165, 1.54) is 9.13 Å². The van der Waals surface area contributed by atoms with E-state index in [4.69, 9.17) is 0 Å². The summed E-state index contributed by atoms with van der Waals surface area (Å²) >= 11 is 2.32. The number of benzene rings is 1. The average molecular weight is 367 g/mol. The third-order valence-corrected chi connectivity index (χ3v) is 3.68. The molecule has 0 saturated carbocycles. The van der Waals surface area contributed by atoms with E-state index in [0.717, 1.165) is 11.5 Å². The molecule has 4 heteroatoms. The molecule has 0 spiro atoms. The number of hydrogen-bond acceptors (Lipinski definition) is 3. The van der Waals surface area contributed by atoms with Crippen molar-refractivity contribution in [2.75, 3.05) is 24.3 Å². The Morgan fingerprint density at radius 1 is 1.11 bits per heavy atom. The molecule has 1 aromatic carbocycles. The molecule has 0 aliphatic heterocycles. The second-order valence-electron chi connectivity index (χ2n) is 4.72. The molecule has 0 aliphatic rings. The van der Waals surface area contributed by atoms with Crippen molar-refractivity contribution in [1.29, 1.82) is 0 Å². The molecule has 0 aliphatic carbocycles. The van der Waals surface area contributed by atoms with Gasteiger partial charge in [0.1, 0.15) is 5.82 Å². The zero-order chi connectivity index (χ0) is 13.8. The number of rotatable bonds is 4. The van der Waals surface area contributed by atoms with Gasteiger partial charge in [0.05, 0.1) is 11.9 Å². The summed E-state index contributed by atoms with van der Waals surface area (Å²) < 4.78 is 1.26. The third-order valence-electron chi connectivity index (χ3n) is 2.96. The lowest BCUT2D eigenvalue weighted by atomic mass is 10.1. The van der Waals surface area contributed by atoms with Crippen LogP contribution in [0.2, 0.25) is 0 Å². The number of aromatic nitrogens is 1. The summed E-state index contributed by atoms with van der Waals surface area (Å²) in [5.74, 6) is 0.965. The average Bonchev–Trinajstić information content (AvgIpc) is 2.40. The molecule has 0 radical (unpaired) electrons. The van der Waals surface area contributed by atoms with Crippen LogP contribution in [0.15, 0.2) is 42.6 Å². The molecule has 0 fully saturated rings. The maximum Gasteiger partial charge on any atom is 0.128 e. The van der Waals surface area contributed by atoms with Gasteiger partial charge in [-0.2, -0.15) is 0 Å². The van der Waals surface area contributed by atoms with Crippen LogP contribution in [-0.4, -0.2) is 19.1 Å². The van der Waals surface area contributed by atoms with E-state index in [1.807, 2.05) is 31.3 Å². The van der Waals surface area contributed by atoms with Gasteiger partial charge in [0.15, 0.2) is 0 Å². The Morgan fingerprint density at radius 2 is 1.79 bits per heavy atom. The van der Waals surface area contributed by atoms with Crippen molar-refractivity contribution in [2.24, 2.45) is 0 Å². The maximum absolute atomic E-state index is 4.40. The number of halogens is 1. The highest BCUT2D eigenvalue weighted by molar-refractivity contribution is 14.1. The Bertz CT molecular complexity index is 520. The van der Waals surface area contributed by atoms with E-state index < -0.39 is 0 Å². The summed E-state index contributed by atoms with van der Waals surface area (Å²) in [6.45, 7) is 2.15. The van der Waals surface area contributed by atoms with Crippen LogP contribution in [0.5, 0.6) is 0 Å². The minimum atomic E-state index is 0.268. The van der Waals surface area contributed by atoms with E-state index in [-0.39, 0.29) is 6.04 Å². The SMILES string of the molecule is CC(Nc1ccc(N(C)C)nc1)c1ccc(I)cc1. The Morgan fingerprint density at radius 3 is 2.32 bits per heavy atom. The first-order valence-electron chi connectivity index (χ1n) is 6.21. The van der Waals surface area contributed by atoms with Gasteiger partial charge in [-0.05, 0) is 59.3 Å². The molecule has 3 nitrogen and oxygen atoms in total. The lowest BCUT2D eigenvalue weighted by molar-refractivity contribution is 0.882. The Hall–Kier alpha value is -1.30. The highest BCUT2D eigenvalue weighted by Crippen LogP contribution is 2.20. The first-order chi connectivity index (χ1) is 9.06. The summed E-state index contributed by atoms with van der Waals surface area (Å²) in [7, 11) is 3.98. The van der Waals surface area contributed by atoms with Crippen LogP contribution in [0.1, 0.15) is 18.5 Å². The van der Waals surface area contributed by atoms with E-state index in [2.05, 4.69) is 70.1 Å². The summed E-state index contributed by atoms with van der Waals surface area (Å²) in [5.41, 5.74) is 2.31. The van der Waals surface area contributed by atoms with Crippen molar-refractivity contribution in [1.82, 2.24) is 4.98 Å². The molecule has 1 atom stereocenters. The first kappa shape index (κ1) is 14.1. The molecule has 1 unspecified atom stereocenters. The summed E-state index contributed by atoms with van der Waals surface area (Å²) in [5, 5.41) is 3.46. The minimum absolute atomic E-state index is 0.268. The molecule has 0 amide bonds. The van der Waals surface area contributed by atoms with Crippen LogP contribution in [-0.2, 0) is 0 Å². The highest BCUT2D eigenvalue weighted by atomic mass is 127. The molecule has 2 rings (SSSR count). The molecule has 0 bridgehead atoms. The van der Waals surface area contributed by atoms with Crippen LogP contribution in [0.25, 0.3) is 0 Å². The van der Waals surface area contributed by atoms with Gasteiger partial charge in [0.25, 0.3) is 0 Å². The molecule has 19 heavy (non-hydrogen) atoms. The van der Waals surface area contributed by atoms with Gasteiger partial charge in [0, 0.05) is 23.7 Å². The monoisotopic (exact) mass is 367 g/mol. The van der Waals surface area contributed by atoms with E-state index in [1.54, 1.807) is 0 Å². The molecular formula is C15H18IN3. The smallest absolute Gasteiger partial charge is 0.128 e. The predicted molar refractivity (Wildman–Crippen MR) is 89.8 cm³/mol. The number of pyridine rings is 1. The summed E-state index contributed by atoms with van der Waals surface area (Å²) in [6.07, 6.45) is 1.87. The van der Waals surface area contributed by atoms with E-state index >= 15 is 0 Å². The topological polar surface area (TPSA) is 28.2 Å². The van der Waals surface area contributed by atoms with Crippen LogP contribution in [0, 0.1) is 3.57 Å². The molecule has 1 N–H and O–H groups in total. The van der Waals surface area contributed by atoms with Crippen LogP contribution >= 0.6 is 22.6 Å². The van der Waals surface area contributed by atoms with Crippen molar-refractivity contribution in [2.45, 2.75) is 13.0 Å². The first-order valence-corrected chi connectivity index (χ1v) is 7.29. The Kier molecular flexibility index (Phi) is 4.63. The highest BCUT2D eigenvalue weighted by Gasteiger charge is 2.05. The molecule has 1 aromatic heterocycles. The standard InChI is InChI=1S/C15H18IN3/c1-11(12-4-6-13(16)7-5-12)18-14-8-9-15(17-10-14)19(2)3/h4-11,18H,1-3H3. The van der Waals surface area contributed by atoms with Crippen molar-refractivity contribution < 1.29 is 0 Å². The lowest BCUT2D eigenvalue weighted by Crippen LogP contribution is -2.11. The van der Waals surface area contributed by atoms with Gasteiger partial charge >= 0.3 is 0 Å². The fourth-order valence-electron chi connectivity index (χ4n) is 1.82. The van der Waals surface area contributed by atoms with Crippen molar-refractivity contribution in [3.8, 4) is 0 Å². The lowest BCUT2D eigenvalue weighted by Gasteiger charge is -2.17. The number of hydrogen-bond donors (Lipinski definition) is 1. The quantitative estimate of drug-likeness (QED) is 0.831. The Balaban J connectivity index is 2.06. The van der Waals surface area contributed by atoms with E-state index in [0.29, 0.717) is 0 Å². The van der Waals surface area contributed by atoms with Gasteiger partial charge in [-0.1, -0.05) is 12.1 Å². The molecule has 2 aromatic rings. The zero-order valence-corrected chi connectivity index (χ0v) is 13.5. The van der Waals surface area contributed by atoms with Crippen molar-refractivity contribution in [3.05, 3.63) is 51.7 Å². The van der Waals surface area contributed by atoms with Crippen LogP contribution in [0.3, 0.4) is 0 Å². The van der Waals surface area contributed by atoms with Crippen LogP contribution in [0.4, 0.5) is 11.5 Å². The van der Waals surface area contributed by atoms with Crippen LogP contribution < -0.4 is 10.2 Å². The summed E-state index contributed by atoms with van der Waals surface area (Å²) in [6, 6.07) is 12.9. The third kappa shape index (κ3) is 3.83. The normalized spacial score (nSPS) is 12.0. The largest absolute Gasteiger partial charge is 0.377 e. The minimum Gasteiger partial charge on any atom is -0.377 e. The second kappa shape index (κ2) is 6.23.